The minimum atomic E-state index is -0.592. The van der Waals surface area contributed by atoms with E-state index in [1.54, 1.807) is 14.2 Å². The van der Waals surface area contributed by atoms with E-state index in [4.69, 9.17) is 15.2 Å². The Balaban J connectivity index is 0.00000361. The van der Waals surface area contributed by atoms with Gasteiger partial charge in [0.2, 0.25) is 0 Å². The summed E-state index contributed by atoms with van der Waals surface area (Å²) in [6.07, 6.45) is 2.07. The molecule has 5 heteroatoms. The average molecular weight is 304 g/mol. The zero-order chi connectivity index (χ0) is 14.4. The zero-order valence-electron chi connectivity index (χ0n) is 12.7. The Morgan fingerprint density at radius 3 is 2.10 bits per heavy atom. The summed E-state index contributed by atoms with van der Waals surface area (Å²) >= 11 is 0. The first-order valence-corrected chi connectivity index (χ1v) is 6.71. The van der Waals surface area contributed by atoms with Crippen LogP contribution in [0.2, 0.25) is 0 Å². The van der Waals surface area contributed by atoms with Gasteiger partial charge in [-0.2, -0.15) is 0 Å². The summed E-state index contributed by atoms with van der Waals surface area (Å²) < 4.78 is 10.7. The standard InChI is InChI=1S/C15H25NO3.ClH/c1-5-6-7-11(17)15(16)14-12(18-3)8-10(2)9-13(14)19-4;/h8-9,11,15,17H,5-7,16H2,1-4H3;1H/t11-,15-;/m1./s1. The smallest absolute Gasteiger partial charge is 0.127 e. The normalized spacial score (nSPS) is 13.3. The van der Waals surface area contributed by atoms with E-state index in [1.165, 1.54) is 0 Å². The van der Waals surface area contributed by atoms with Crippen molar-refractivity contribution in [2.45, 2.75) is 45.3 Å². The van der Waals surface area contributed by atoms with Crippen LogP contribution in [0.15, 0.2) is 12.1 Å². The number of hydrogen-bond acceptors (Lipinski definition) is 4. The van der Waals surface area contributed by atoms with Crippen LogP contribution in [-0.2, 0) is 0 Å². The van der Waals surface area contributed by atoms with E-state index in [-0.39, 0.29) is 12.4 Å². The molecule has 4 nitrogen and oxygen atoms in total. The van der Waals surface area contributed by atoms with Gasteiger partial charge < -0.3 is 20.3 Å². The van der Waals surface area contributed by atoms with Gasteiger partial charge in [-0.25, -0.2) is 0 Å². The molecule has 0 saturated heterocycles. The number of aliphatic hydroxyl groups excluding tert-OH is 1. The highest BCUT2D eigenvalue weighted by Gasteiger charge is 2.24. The van der Waals surface area contributed by atoms with Crippen molar-refractivity contribution in [1.29, 1.82) is 0 Å². The molecule has 2 atom stereocenters. The molecular formula is C15H26ClNO3. The van der Waals surface area contributed by atoms with Gasteiger partial charge in [-0.3, -0.25) is 0 Å². The SMILES string of the molecule is CCCC[C@@H](O)[C@@H](N)c1c(OC)cc(C)cc1OC.Cl. The molecule has 0 saturated carbocycles. The molecule has 0 heterocycles. The van der Waals surface area contributed by atoms with E-state index >= 15 is 0 Å². The maximum Gasteiger partial charge on any atom is 0.127 e. The van der Waals surface area contributed by atoms with Crippen molar-refractivity contribution >= 4 is 12.4 Å². The summed E-state index contributed by atoms with van der Waals surface area (Å²) in [5.74, 6) is 1.33. The molecule has 0 aliphatic carbocycles. The van der Waals surface area contributed by atoms with Crippen LogP contribution in [0.4, 0.5) is 0 Å². The Morgan fingerprint density at radius 1 is 1.20 bits per heavy atom. The van der Waals surface area contributed by atoms with E-state index in [0.717, 1.165) is 24.0 Å². The minimum absolute atomic E-state index is 0. The second-order valence-corrected chi connectivity index (χ2v) is 4.82. The lowest BCUT2D eigenvalue weighted by atomic mass is 9.95. The first kappa shape index (κ1) is 19.0. The van der Waals surface area contributed by atoms with E-state index < -0.39 is 12.1 Å². The summed E-state index contributed by atoms with van der Waals surface area (Å²) in [6, 6.07) is 3.31. The molecule has 0 radical (unpaired) electrons. The lowest BCUT2D eigenvalue weighted by molar-refractivity contribution is 0.130. The van der Waals surface area contributed by atoms with Crippen LogP contribution in [0, 0.1) is 6.92 Å². The largest absolute Gasteiger partial charge is 0.496 e. The molecule has 20 heavy (non-hydrogen) atoms. The van der Waals surface area contributed by atoms with Gasteiger partial charge in [0.05, 0.1) is 31.9 Å². The molecule has 116 valence electrons. The number of ether oxygens (including phenoxy) is 2. The number of halogens is 1. The van der Waals surface area contributed by atoms with Crippen molar-refractivity contribution in [1.82, 2.24) is 0 Å². The number of hydrogen-bond donors (Lipinski definition) is 2. The highest BCUT2D eigenvalue weighted by atomic mass is 35.5. The lowest BCUT2D eigenvalue weighted by Crippen LogP contribution is -2.27. The maximum absolute atomic E-state index is 10.2. The van der Waals surface area contributed by atoms with Gasteiger partial charge in [-0.05, 0) is 31.0 Å². The highest BCUT2D eigenvalue weighted by Crippen LogP contribution is 2.36. The van der Waals surface area contributed by atoms with Gasteiger partial charge in [0.1, 0.15) is 11.5 Å². The molecule has 0 aliphatic heterocycles. The van der Waals surface area contributed by atoms with Gasteiger partial charge >= 0.3 is 0 Å². The maximum atomic E-state index is 10.2. The fourth-order valence-electron chi connectivity index (χ4n) is 2.18. The van der Waals surface area contributed by atoms with Gasteiger partial charge in [0.25, 0.3) is 0 Å². The second-order valence-electron chi connectivity index (χ2n) is 4.82. The van der Waals surface area contributed by atoms with E-state index in [0.29, 0.717) is 17.9 Å². The molecule has 0 aliphatic rings. The molecule has 0 unspecified atom stereocenters. The van der Waals surface area contributed by atoms with Crippen LogP contribution in [0.25, 0.3) is 0 Å². The number of aryl methyl sites for hydroxylation is 1. The topological polar surface area (TPSA) is 64.7 Å². The summed E-state index contributed by atoms with van der Waals surface area (Å²) in [5, 5.41) is 10.2. The van der Waals surface area contributed by atoms with Gasteiger partial charge in [0.15, 0.2) is 0 Å². The molecule has 0 aromatic heterocycles. The molecule has 0 amide bonds. The fraction of sp³-hybridized carbons (Fsp3) is 0.600. The molecule has 0 fully saturated rings. The van der Waals surface area contributed by atoms with Crippen molar-refractivity contribution in [3.63, 3.8) is 0 Å². The third-order valence-corrected chi connectivity index (χ3v) is 3.29. The summed E-state index contributed by atoms with van der Waals surface area (Å²) in [6.45, 7) is 4.05. The van der Waals surface area contributed by atoms with Crippen molar-refractivity contribution in [2.75, 3.05) is 14.2 Å². The summed E-state index contributed by atoms with van der Waals surface area (Å²) in [4.78, 5) is 0. The van der Waals surface area contributed by atoms with Crippen molar-refractivity contribution in [2.24, 2.45) is 5.73 Å². The number of nitrogens with two attached hydrogens (primary N) is 1. The number of unbranched alkanes of at least 4 members (excludes halogenated alkanes) is 1. The molecule has 1 aromatic carbocycles. The van der Waals surface area contributed by atoms with Crippen LogP contribution in [-0.4, -0.2) is 25.4 Å². The summed E-state index contributed by atoms with van der Waals surface area (Å²) in [5.41, 5.74) is 7.94. The Labute approximate surface area is 127 Å². The molecular weight excluding hydrogens is 278 g/mol. The second kappa shape index (κ2) is 9.06. The number of rotatable bonds is 7. The van der Waals surface area contributed by atoms with E-state index in [1.807, 2.05) is 19.1 Å². The third kappa shape index (κ3) is 4.54. The fourth-order valence-corrected chi connectivity index (χ4v) is 2.18. The Hall–Kier alpha value is -0.970. The van der Waals surface area contributed by atoms with E-state index in [2.05, 4.69) is 6.92 Å². The predicted octanol–water partition coefficient (Wildman–Crippen LogP) is 2.98. The minimum Gasteiger partial charge on any atom is -0.496 e. The number of aliphatic hydroxyl groups is 1. The first-order chi connectivity index (χ1) is 9.04. The monoisotopic (exact) mass is 303 g/mol. The zero-order valence-corrected chi connectivity index (χ0v) is 13.5. The van der Waals surface area contributed by atoms with Crippen molar-refractivity contribution in [3.05, 3.63) is 23.3 Å². The predicted molar refractivity (Wildman–Crippen MR) is 84.0 cm³/mol. The molecule has 0 bridgehead atoms. The summed E-state index contributed by atoms with van der Waals surface area (Å²) in [7, 11) is 3.20. The van der Waals surface area contributed by atoms with Crippen LogP contribution in [0.1, 0.15) is 43.4 Å². The molecule has 1 rings (SSSR count). The number of methoxy groups -OCH3 is 2. The van der Waals surface area contributed by atoms with E-state index in [9.17, 15) is 5.11 Å². The molecule has 3 N–H and O–H groups in total. The Kier molecular flexibility index (Phi) is 8.62. The van der Waals surface area contributed by atoms with Crippen molar-refractivity contribution in [3.8, 4) is 11.5 Å². The Bertz CT molecular complexity index is 387. The van der Waals surface area contributed by atoms with Crippen molar-refractivity contribution < 1.29 is 14.6 Å². The molecule has 0 spiro atoms. The number of benzene rings is 1. The van der Waals surface area contributed by atoms with Crippen LogP contribution < -0.4 is 15.2 Å². The highest BCUT2D eigenvalue weighted by molar-refractivity contribution is 5.85. The molecule has 1 aromatic rings. The quantitative estimate of drug-likeness (QED) is 0.813. The van der Waals surface area contributed by atoms with Crippen LogP contribution >= 0.6 is 12.4 Å². The lowest BCUT2D eigenvalue weighted by Gasteiger charge is -2.23. The van der Waals surface area contributed by atoms with Gasteiger partial charge in [-0.15, -0.1) is 12.4 Å². The van der Waals surface area contributed by atoms with Crippen LogP contribution in [0.5, 0.6) is 11.5 Å². The third-order valence-electron chi connectivity index (χ3n) is 3.29. The van der Waals surface area contributed by atoms with Crippen LogP contribution in [0.3, 0.4) is 0 Å². The average Bonchev–Trinajstić information content (AvgIpc) is 2.42. The first-order valence-electron chi connectivity index (χ1n) is 6.71. The van der Waals surface area contributed by atoms with Gasteiger partial charge in [-0.1, -0.05) is 19.8 Å². The van der Waals surface area contributed by atoms with Gasteiger partial charge in [0, 0.05) is 0 Å². The Morgan fingerprint density at radius 2 is 1.70 bits per heavy atom.